The van der Waals surface area contributed by atoms with Gasteiger partial charge in [0.1, 0.15) is 6.04 Å². The quantitative estimate of drug-likeness (QED) is 0.784. The molecule has 1 aromatic rings. The molecule has 2 rings (SSSR count). The van der Waals surface area contributed by atoms with Gasteiger partial charge in [-0.1, -0.05) is 6.07 Å². The zero-order chi connectivity index (χ0) is 13.8. The molecule has 0 saturated heterocycles. The average Bonchev–Trinajstić information content (AvgIpc) is 3.23. The van der Waals surface area contributed by atoms with Crippen LogP contribution < -0.4 is 14.8 Å². The van der Waals surface area contributed by atoms with Gasteiger partial charge in [0.05, 0.1) is 14.2 Å². The number of ether oxygens (including phenoxy) is 2. The van der Waals surface area contributed by atoms with Crippen LogP contribution in [0.1, 0.15) is 18.4 Å². The van der Waals surface area contributed by atoms with E-state index in [0.29, 0.717) is 18.0 Å². The first-order valence-corrected chi connectivity index (χ1v) is 6.32. The van der Waals surface area contributed by atoms with Gasteiger partial charge in [-0.2, -0.15) is 0 Å². The lowest BCUT2D eigenvalue weighted by atomic mass is 10.1. The molecule has 0 spiro atoms. The van der Waals surface area contributed by atoms with Crippen LogP contribution >= 0.6 is 0 Å². The van der Waals surface area contributed by atoms with E-state index >= 15 is 0 Å². The molecule has 0 amide bonds. The molecule has 0 aliphatic heterocycles. The summed E-state index contributed by atoms with van der Waals surface area (Å²) in [6.07, 6.45) is 1.99. The van der Waals surface area contributed by atoms with E-state index in [0.717, 1.165) is 18.4 Å². The molecule has 0 aromatic heterocycles. The Balaban J connectivity index is 2.00. The van der Waals surface area contributed by atoms with Gasteiger partial charge in [0.15, 0.2) is 11.5 Å². The maximum atomic E-state index is 11.1. The van der Waals surface area contributed by atoms with E-state index in [1.807, 2.05) is 18.2 Å². The van der Waals surface area contributed by atoms with Crippen LogP contribution in [0.15, 0.2) is 18.2 Å². The van der Waals surface area contributed by atoms with Crippen molar-refractivity contribution in [1.29, 1.82) is 0 Å². The van der Waals surface area contributed by atoms with Gasteiger partial charge in [-0.05, 0) is 36.5 Å². The van der Waals surface area contributed by atoms with Gasteiger partial charge in [-0.25, -0.2) is 0 Å². The largest absolute Gasteiger partial charge is 0.493 e. The van der Waals surface area contributed by atoms with Crippen LogP contribution in [0.25, 0.3) is 0 Å². The fraction of sp³-hybridized carbons (Fsp3) is 0.500. The number of carboxylic acid groups (broad SMARTS) is 1. The first kappa shape index (κ1) is 13.7. The van der Waals surface area contributed by atoms with Gasteiger partial charge in [-0.15, -0.1) is 0 Å². The molecule has 1 aliphatic rings. The van der Waals surface area contributed by atoms with Crippen LogP contribution in [0.5, 0.6) is 11.5 Å². The molecule has 1 unspecified atom stereocenters. The fourth-order valence-electron chi connectivity index (χ4n) is 2.10. The summed E-state index contributed by atoms with van der Waals surface area (Å²) in [5, 5.41) is 12.2. The number of rotatable bonds is 7. The molecule has 1 fully saturated rings. The number of carbonyl (C=O) groups is 1. The topological polar surface area (TPSA) is 67.8 Å². The number of carboxylic acids is 1. The van der Waals surface area contributed by atoms with Gasteiger partial charge in [-0.3, -0.25) is 4.79 Å². The second-order valence-corrected chi connectivity index (χ2v) is 4.72. The van der Waals surface area contributed by atoms with Crippen molar-refractivity contribution < 1.29 is 19.4 Å². The second kappa shape index (κ2) is 5.93. The Morgan fingerprint density at radius 2 is 2.05 bits per heavy atom. The van der Waals surface area contributed by atoms with Crippen LogP contribution in [-0.2, 0) is 11.3 Å². The number of methoxy groups -OCH3 is 2. The number of hydrogen-bond donors (Lipinski definition) is 2. The lowest BCUT2D eigenvalue weighted by molar-refractivity contribution is -0.140. The Kier molecular flexibility index (Phi) is 4.27. The summed E-state index contributed by atoms with van der Waals surface area (Å²) >= 11 is 0. The number of benzene rings is 1. The predicted molar refractivity (Wildman–Crippen MR) is 70.5 cm³/mol. The smallest absolute Gasteiger partial charge is 0.320 e. The Morgan fingerprint density at radius 3 is 2.58 bits per heavy atom. The first-order valence-electron chi connectivity index (χ1n) is 6.32. The summed E-state index contributed by atoms with van der Waals surface area (Å²) < 4.78 is 10.4. The Labute approximate surface area is 112 Å². The highest BCUT2D eigenvalue weighted by Crippen LogP contribution is 2.33. The fourth-order valence-corrected chi connectivity index (χ4v) is 2.10. The molecule has 2 N–H and O–H groups in total. The summed E-state index contributed by atoms with van der Waals surface area (Å²) in [4.78, 5) is 11.1. The summed E-state index contributed by atoms with van der Waals surface area (Å²) in [6, 6.07) is 5.13. The first-order chi connectivity index (χ1) is 9.15. The van der Waals surface area contributed by atoms with Gasteiger partial charge in [0, 0.05) is 6.54 Å². The van der Waals surface area contributed by atoms with Crippen molar-refractivity contribution in [1.82, 2.24) is 5.32 Å². The lowest BCUT2D eigenvalue weighted by Crippen LogP contribution is -2.38. The Morgan fingerprint density at radius 1 is 1.37 bits per heavy atom. The number of aliphatic carboxylic acids is 1. The molecule has 1 aromatic carbocycles. The van der Waals surface area contributed by atoms with E-state index in [9.17, 15) is 4.79 Å². The van der Waals surface area contributed by atoms with Gasteiger partial charge in [0.2, 0.25) is 0 Å². The SMILES string of the molecule is COc1ccc(CNC(C(=O)O)C2CC2)cc1OC. The monoisotopic (exact) mass is 265 g/mol. The van der Waals surface area contributed by atoms with Gasteiger partial charge < -0.3 is 19.9 Å². The zero-order valence-electron chi connectivity index (χ0n) is 11.2. The second-order valence-electron chi connectivity index (χ2n) is 4.72. The molecule has 1 aliphatic carbocycles. The molecular formula is C14H19NO4. The molecular weight excluding hydrogens is 246 g/mol. The van der Waals surface area contributed by atoms with Crippen LogP contribution in [0.3, 0.4) is 0 Å². The standard InChI is InChI=1S/C14H19NO4/c1-18-11-6-3-9(7-12(11)19-2)8-15-13(14(16)17)10-4-5-10/h3,6-7,10,13,15H,4-5,8H2,1-2H3,(H,16,17). The van der Waals surface area contributed by atoms with Crippen molar-refractivity contribution in [3.63, 3.8) is 0 Å². The van der Waals surface area contributed by atoms with Crippen molar-refractivity contribution in [3.05, 3.63) is 23.8 Å². The van der Waals surface area contributed by atoms with Crippen LogP contribution in [0.4, 0.5) is 0 Å². The van der Waals surface area contributed by atoms with Crippen LogP contribution in [-0.4, -0.2) is 31.3 Å². The van der Waals surface area contributed by atoms with E-state index < -0.39 is 12.0 Å². The van der Waals surface area contributed by atoms with Crippen LogP contribution in [0, 0.1) is 5.92 Å². The molecule has 104 valence electrons. The van der Waals surface area contributed by atoms with Crippen molar-refractivity contribution >= 4 is 5.97 Å². The third kappa shape index (κ3) is 3.38. The minimum atomic E-state index is -0.775. The van der Waals surface area contributed by atoms with Crippen LogP contribution in [0.2, 0.25) is 0 Å². The number of hydrogen-bond acceptors (Lipinski definition) is 4. The maximum absolute atomic E-state index is 11.1. The highest BCUT2D eigenvalue weighted by Gasteiger charge is 2.35. The normalized spacial score (nSPS) is 15.9. The third-order valence-electron chi connectivity index (χ3n) is 3.33. The van der Waals surface area contributed by atoms with Crippen molar-refractivity contribution in [2.75, 3.05) is 14.2 Å². The molecule has 0 radical (unpaired) electrons. The molecule has 5 nitrogen and oxygen atoms in total. The molecule has 5 heteroatoms. The minimum Gasteiger partial charge on any atom is -0.493 e. The van der Waals surface area contributed by atoms with E-state index in [2.05, 4.69) is 5.32 Å². The highest BCUT2D eigenvalue weighted by atomic mass is 16.5. The Bertz CT molecular complexity index is 457. The Hall–Kier alpha value is -1.75. The van der Waals surface area contributed by atoms with Crippen molar-refractivity contribution in [2.24, 2.45) is 5.92 Å². The third-order valence-corrected chi connectivity index (χ3v) is 3.33. The predicted octanol–water partition coefficient (Wildman–Crippen LogP) is 1.66. The van der Waals surface area contributed by atoms with Gasteiger partial charge >= 0.3 is 5.97 Å². The van der Waals surface area contributed by atoms with E-state index in [-0.39, 0.29) is 5.92 Å². The summed E-state index contributed by atoms with van der Waals surface area (Å²) in [6.45, 7) is 0.508. The molecule has 19 heavy (non-hydrogen) atoms. The average molecular weight is 265 g/mol. The lowest BCUT2D eigenvalue weighted by Gasteiger charge is -2.14. The zero-order valence-corrected chi connectivity index (χ0v) is 11.2. The summed E-state index contributed by atoms with van der Waals surface area (Å²) in [5.41, 5.74) is 0.976. The molecule has 1 saturated carbocycles. The molecule has 0 heterocycles. The highest BCUT2D eigenvalue weighted by molar-refractivity contribution is 5.74. The summed E-state index contributed by atoms with van der Waals surface area (Å²) in [7, 11) is 3.17. The summed E-state index contributed by atoms with van der Waals surface area (Å²) in [5.74, 6) is 0.823. The van der Waals surface area contributed by atoms with Crippen molar-refractivity contribution in [3.8, 4) is 11.5 Å². The minimum absolute atomic E-state index is 0.276. The van der Waals surface area contributed by atoms with E-state index in [4.69, 9.17) is 14.6 Å². The molecule has 0 bridgehead atoms. The maximum Gasteiger partial charge on any atom is 0.320 e. The van der Waals surface area contributed by atoms with E-state index in [1.165, 1.54) is 0 Å². The number of nitrogens with one attached hydrogen (secondary N) is 1. The van der Waals surface area contributed by atoms with Crippen molar-refractivity contribution in [2.45, 2.75) is 25.4 Å². The molecule has 1 atom stereocenters. The van der Waals surface area contributed by atoms with Gasteiger partial charge in [0.25, 0.3) is 0 Å². The van der Waals surface area contributed by atoms with E-state index in [1.54, 1.807) is 14.2 Å².